The maximum atomic E-state index is 12.4. The van der Waals surface area contributed by atoms with Crippen LogP contribution in [0.5, 0.6) is 0 Å². The minimum Gasteiger partial charge on any atom is -0.458 e. The third-order valence-corrected chi connectivity index (χ3v) is 5.00. The normalized spacial score (nSPS) is 20.3. The van der Waals surface area contributed by atoms with Crippen LogP contribution in [0.25, 0.3) is 0 Å². The molecule has 0 amide bonds. The monoisotopic (exact) mass is 334 g/mol. The minimum atomic E-state index is -0.265. The van der Waals surface area contributed by atoms with E-state index < -0.39 is 0 Å². The topological polar surface area (TPSA) is 50.4 Å². The maximum absolute atomic E-state index is 12.4. The van der Waals surface area contributed by atoms with Gasteiger partial charge in [-0.05, 0) is 52.0 Å². The fraction of sp³-hybridized carbons (Fsp3) is 0.933. The highest BCUT2D eigenvalue weighted by Crippen LogP contribution is 2.30. The van der Waals surface area contributed by atoms with Gasteiger partial charge in [0.15, 0.2) is 0 Å². The Kier molecular flexibility index (Phi) is 10.0. The average Bonchev–Trinajstić information content (AvgIpc) is 2.43. The van der Waals surface area contributed by atoms with E-state index in [1.54, 1.807) is 0 Å². The van der Waals surface area contributed by atoms with Gasteiger partial charge < -0.3 is 9.82 Å². The van der Waals surface area contributed by atoms with E-state index in [4.69, 9.17) is 4.74 Å². The van der Waals surface area contributed by atoms with Crippen LogP contribution in [0.1, 0.15) is 71.1 Å². The first kappa shape index (κ1) is 19.3. The molecule has 6 heteroatoms. The Bertz CT molecular complexity index is 295. The van der Waals surface area contributed by atoms with E-state index in [2.05, 4.69) is 35.9 Å². The van der Waals surface area contributed by atoms with Crippen molar-refractivity contribution in [2.75, 3.05) is 6.54 Å². The van der Waals surface area contributed by atoms with E-state index in [-0.39, 0.29) is 17.6 Å². The Labute approximate surface area is 134 Å². The summed E-state index contributed by atoms with van der Waals surface area (Å²) in [5.41, 5.74) is -0.265. The molecule has 4 nitrogen and oxygen atoms in total. The minimum absolute atomic E-state index is 0.0908. The highest BCUT2D eigenvalue weighted by Gasteiger charge is 2.31. The summed E-state index contributed by atoms with van der Waals surface area (Å²) in [4.78, 5) is 12.4. The lowest BCUT2D eigenvalue weighted by molar-refractivity contribution is -0.162. The van der Waals surface area contributed by atoms with Crippen molar-refractivity contribution < 1.29 is 9.53 Å². The van der Waals surface area contributed by atoms with E-state index in [1.807, 2.05) is 0 Å². The van der Waals surface area contributed by atoms with Gasteiger partial charge in [0.1, 0.15) is 11.6 Å². The van der Waals surface area contributed by atoms with Gasteiger partial charge in [0.2, 0.25) is 0 Å². The molecule has 0 saturated heterocycles. The third kappa shape index (κ3) is 7.88. The highest BCUT2D eigenvalue weighted by molar-refractivity contribution is 7.13. The second-order valence-corrected chi connectivity index (χ2v) is 7.05. The number of hydrogen-bond acceptors (Lipinski definition) is 4. The van der Waals surface area contributed by atoms with Crippen molar-refractivity contribution in [1.82, 2.24) is 10.2 Å². The van der Waals surface area contributed by atoms with Crippen molar-refractivity contribution in [2.45, 2.75) is 82.8 Å². The van der Waals surface area contributed by atoms with Crippen LogP contribution >= 0.6 is 18.8 Å². The number of rotatable bonds is 8. The zero-order valence-electron chi connectivity index (χ0n) is 13.3. The van der Waals surface area contributed by atoms with E-state index >= 15 is 0 Å². The fourth-order valence-electron chi connectivity index (χ4n) is 2.91. The van der Waals surface area contributed by atoms with Crippen LogP contribution in [0.2, 0.25) is 0 Å². The van der Waals surface area contributed by atoms with Crippen molar-refractivity contribution in [2.24, 2.45) is 0 Å². The molecule has 0 spiro atoms. The van der Waals surface area contributed by atoms with Gasteiger partial charge in [-0.1, -0.05) is 44.5 Å². The Balaban J connectivity index is 2.42. The summed E-state index contributed by atoms with van der Waals surface area (Å²) in [6.07, 6.45) is 11.1. The zero-order valence-corrected chi connectivity index (χ0v) is 15.6. The second kappa shape index (κ2) is 10.9. The highest BCUT2D eigenvalue weighted by atomic mass is 31.0. The lowest BCUT2D eigenvalue weighted by Crippen LogP contribution is -2.40. The van der Waals surface area contributed by atoms with Gasteiger partial charge in [0.25, 0.3) is 0 Å². The third-order valence-electron chi connectivity index (χ3n) is 4.31. The van der Waals surface area contributed by atoms with Crippen LogP contribution in [0, 0.1) is 0 Å². The molecule has 1 fully saturated rings. The molecule has 0 aromatic heterocycles. The summed E-state index contributed by atoms with van der Waals surface area (Å²) >= 11 is 0. The van der Waals surface area contributed by atoms with Gasteiger partial charge in [-0.25, -0.2) is 0 Å². The molecule has 0 aromatic carbocycles. The number of hydrogen-bond donors (Lipinski definition) is 2. The Morgan fingerprint density at radius 1 is 1.14 bits per heavy atom. The molecule has 3 atom stereocenters. The molecule has 1 aliphatic carbocycles. The number of carbonyl (C=O) groups is 1. The van der Waals surface area contributed by atoms with Gasteiger partial charge in [0.05, 0.1) is 0 Å². The standard InChI is InChI=1S/C15H32N2O2P2/c1-15(10-6-3-2-4-7-11-15)19-14(18)13(17-21)9-5-8-12-16-20/h13,16-17H,2-12,20-21H2,1H3/t13-/m0/s1. The molecule has 124 valence electrons. The van der Waals surface area contributed by atoms with E-state index in [0.29, 0.717) is 0 Å². The molecule has 1 saturated carbocycles. The van der Waals surface area contributed by atoms with E-state index in [1.165, 1.54) is 32.1 Å². The SMILES string of the molecule is CC1(OC(=O)[C@H](CCCCNP)NP)CCCCCCC1. The number of unbranched alkanes of at least 4 members (excludes halogenated alkanes) is 1. The molecule has 0 aliphatic heterocycles. The van der Waals surface area contributed by atoms with Crippen molar-refractivity contribution in [1.29, 1.82) is 0 Å². The first-order valence-corrected chi connectivity index (χ1v) is 9.39. The maximum Gasteiger partial charge on any atom is 0.323 e. The molecule has 2 unspecified atom stereocenters. The first-order chi connectivity index (χ1) is 10.1. The molecule has 0 radical (unpaired) electrons. The number of nitrogens with one attached hydrogen (secondary N) is 2. The summed E-state index contributed by atoms with van der Waals surface area (Å²) in [6.45, 7) is 3.06. The van der Waals surface area contributed by atoms with Gasteiger partial charge in [-0.2, -0.15) is 0 Å². The van der Waals surface area contributed by atoms with E-state index in [0.717, 1.165) is 38.6 Å². The van der Waals surface area contributed by atoms with E-state index in [9.17, 15) is 4.79 Å². The average molecular weight is 334 g/mol. The van der Waals surface area contributed by atoms with Crippen molar-refractivity contribution in [3.8, 4) is 0 Å². The Morgan fingerprint density at radius 3 is 2.33 bits per heavy atom. The second-order valence-electron chi connectivity index (χ2n) is 6.31. The quantitative estimate of drug-likeness (QED) is 0.406. The van der Waals surface area contributed by atoms with Crippen LogP contribution in [0.15, 0.2) is 0 Å². The van der Waals surface area contributed by atoms with Gasteiger partial charge in [0, 0.05) is 0 Å². The van der Waals surface area contributed by atoms with Crippen molar-refractivity contribution >= 4 is 24.8 Å². The lowest BCUT2D eigenvalue weighted by Gasteiger charge is -2.33. The van der Waals surface area contributed by atoms with Gasteiger partial charge >= 0.3 is 5.97 Å². The van der Waals surface area contributed by atoms with Crippen LogP contribution < -0.4 is 10.2 Å². The van der Waals surface area contributed by atoms with Crippen molar-refractivity contribution in [3.63, 3.8) is 0 Å². The lowest BCUT2D eigenvalue weighted by atomic mass is 9.88. The molecular formula is C15H32N2O2P2. The summed E-state index contributed by atoms with van der Waals surface area (Å²) in [6, 6.07) is -0.207. The molecule has 2 N–H and O–H groups in total. The summed E-state index contributed by atoms with van der Waals surface area (Å²) < 4.78 is 5.89. The van der Waals surface area contributed by atoms with Crippen LogP contribution in [-0.2, 0) is 9.53 Å². The molecule has 0 aromatic rings. The molecular weight excluding hydrogens is 302 g/mol. The molecule has 0 heterocycles. The molecule has 21 heavy (non-hydrogen) atoms. The largest absolute Gasteiger partial charge is 0.458 e. The predicted octanol–water partition coefficient (Wildman–Crippen LogP) is 3.33. The Morgan fingerprint density at radius 2 is 1.76 bits per heavy atom. The van der Waals surface area contributed by atoms with Crippen LogP contribution in [0.4, 0.5) is 0 Å². The number of carbonyl (C=O) groups excluding carboxylic acids is 1. The number of esters is 1. The summed E-state index contributed by atoms with van der Waals surface area (Å²) in [5, 5.41) is 6.08. The zero-order chi connectivity index (χ0) is 15.6. The molecule has 1 rings (SSSR count). The number of ether oxygens (including phenoxy) is 1. The summed E-state index contributed by atoms with van der Waals surface area (Å²) in [5.74, 6) is -0.0908. The smallest absolute Gasteiger partial charge is 0.323 e. The predicted molar refractivity (Wildman–Crippen MR) is 95.0 cm³/mol. The molecule has 1 aliphatic rings. The van der Waals surface area contributed by atoms with Crippen LogP contribution in [-0.4, -0.2) is 24.2 Å². The van der Waals surface area contributed by atoms with Crippen LogP contribution in [0.3, 0.4) is 0 Å². The summed E-state index contributed by atoms with van der Waals surface area (Å²) in [7, 11) is 4.96. The first-order valence-electron chi connectivity index (χ1n) is 8.24. The van der Waals surface area contributed by atoms with Crippen molar-refractivity contribution in [3.05, 3.63) is 0 Å². The van der Waals surface area contributed by atoms with Gasteiger partial charge in [-0.3, -0.25) is 9.88 Å². The molecule has 0 bridgehead atoms. The van der Waals surface area contributed by atoms with Gasteiger partial charge in [-0.15, -0.1) is 0 Å². The Hall–Kier alpha value is 0.250. The fourth-order valence-corrected chi connectivity index (χ4v) is 3.42.